The summed E-state index contributed by atoms with van der Waals surface area (Å²) < 4.78 is 9.98. The van der Waals surface area contributed by atoms with Gasteiger partial charge in [0.05, 0.1) is 6.61 Å². The molecule has 0 atom stereocenters. The molecule has 0 aromatic rings. The average Bonchev–Trinajstić information content (AvgIpc) is 2.56. The van der Waals surface area contributed by atoms with Crippen LogP contribution in [0.1, 0.15) is 117 Å². The van der Waals surface area contributed by atoms with Gasteiger partial charge in [-0.2, -0.15) is 0 Å². The summed E-state index contributed by atoms with van der Waals surface area (Å²) in [6.07, 6.45) is 17.9. The summed E-state index contributed by atoms with van der Waals surface area (Å²) in [6, 6.07) is 0. The number of rotatable bonds is 18. The van der Waals surface area contributed by atoms with Crippen molar-refractivity contribution in [3.05, 3.63) is 0 Å². The second-order valence-corrected chi connectivity index (χ2v) is 8.25. The maximum absolute atomic E-state index is 11.6. The molecule has 0 heterocycles. The number of hydrogen-bond donors (Lipinski definition) is 0. The zero-order valence-corrected chi connectivity index (χ0v) is 17.5. The first-order valence-corrected chi connectivity index (χ1v) is 10.7. The third-order valence-electron chi connectivity index (χ3n) is 4.38. The fourth-order valence-electron chi connectivity index (χ4n) is 3.02. The Hall–Kier alpha value is -1.06. The first kappa shape index (κ1) is 24.9. The molecule has 0 rings (SSSR count). The van der Waals surface area contributed by atoms with Gasteiger partial charge in [-0.3, -0.25) is 9.59 Å². The molecule has 0 aliphatic carbocycles. The molecule has 0 fully saturated rings. The maximum Gasteiger partial charge on any atom is 0.306 e. The summed E-state index contributed by atoms with van der Waals surface area (Å²) in [6.45, 7) is 6.85. The molecule has 0 aliphatic rings. The Morgan fingerprint density at radius 1 is 0.692 bits per heavy atom. The maximum atomic E-state index is 11.6. The van der Waals surface area contributed by atoms with Gasteiger partial charge in [-0.25, -0.2) is 0 Å². The van der Waals surface area contributed by atoms with Crippen molar-refractivity contribution >= 4 is 12.4 Å². The highest BCUT2D eigenvalue weighted by molar-refractivity contribution is 5.69. The van der Waals surface area contributed by atoms with Gasteiger partial charge in [0.1, 0.15) is 5.60 Å². The first-order valence-electron chi connectivity index (χ1n) is 10.7. The van der Waals surface area contributed by atoms with E-state index in [1.165, 1.54) is 70.6 Å². The van der Waals surface area contributed by atoms with Crippen molar-refractivity contribution in [2.24, 2.45) is 0 Å². The first-order chi connectivity index (χ1) is 12.5. The zero-order valence-electron chi connectivity index (χ0n) is 17.5. The highest BCUT2D eigenvalue weighted by Crippen LogP contribution is 2.14. The molecule has 0 aromatic heterocycles. The van der Waals surface area contributed by atoms with Crippen LogP contribution in [0.3, 0.4) is 0 Å². The largest absolute Gasteiger partial charge is 0.468 e. The van der Waals surface area contributed by atoms with Crippen molar-refractivity contribution in [2.45, 2.75) is 123 Å². The molecule has 0 unspecified atom stereocenters. The molecule has 0 radical (unpaired) electrons. The van der Waals surface area contributed by atoms with Crippen molar-refractivity contribution < 1.29 is 19.1 Å². The summed E-state index contributed by atoms with van der Waals surface area (Å²) >= 11 is 0. The SMILES string of the molecule is CC(C)(C)OC(=O)CCCCCCCCCCCCCCCCOC=O. The molecule has 0 bridgehead atoms. The standard InChI is InChI=1S/C22H42O4/c1-22(2,3)26-21(24)18-16-14-12-10-8-6-4-5-7-9-11-13-15-17-19-25-20-23/h20H,4-19H2,1-3H3. The third kappa shape index (κ3) is 21.0. The number of esters is 1. The summed E-state index contributed by atoms with van der Waals surface area (Å²) in [4.78, 5) is 21.6. The minimum Gasteiger partial charge on any atom is -0.468 e. The summed E-state index contributed by atoms with van der Waals surface area (Å²) in [7, 11) is 0. The summed E-state index contributed by atoms with van der Waals surface area (Å²) in [5, 5.41) is 0. The van der Waals surface area contributed by atoms with Crippen LogP contribution < -0.4 is 0 Å². The highest BCUT2D eigenvalue weighted by Gasteiger charge is 2.15. The minimum atomic E-state index is -0.358. The molecule has 0 N–H and O–H groups in total. The number of carbonyl (C=O) groups is 2. The smallest absolute Gasteiger partial charge is 0.306 e. The molecule has 26 heavy (non-hydrogen) atoms. The lowest BCUT2D eigenvalue weighted by Gasteiger charge is -2.19. The molecule has 154 valence electrons. The topological polar surface area (TPSA) is 52.6 Å². The van der Waals surface area contributed by atoms with E-state index in [4.69, 9.17) is 4.74 Å². The summed E-state index contributed by atoms with van der Waals surface area (Å²) in [5.41, 5.74) is -0.358. The van der Waals surface area contributed by atoms with Crippen LogP contribution in [0.25, 0.3) is 0 Å². The van der Waals surface area contributed by atoms with Crippen molar-refractivity contribution in [1.29, 1.82) is 0 Å². The lowest BCUT2D eigenvalue weighted by molar-refractivity contribution is -0.154. The number of unbranched alkanes of at least 4 members (excludes halogenated alkanes) is 13. The minimum absolute atomic E-state index is 0.0632. The van der Waals surface area contributed by atoms with Crippen molar-refractivity contribution in [2.75, 3.05) is 6.61 Å². The zero-order chi connectivity index (χ0) is 19.5. The van der Waals surface area contributed by atoms with Crippen molar-refractivity contribution in [1.82, 2.24) is 0 Å². The number of ether oxygens (including phenoxy) is 2. The predicted molar refractivity (Wildman–Crippen MR) is 107 cm³/mol. The fraction of sp³-hybridized carbons (Fsp3) is 0.909. The van der Waals surface area contributed by atoms with Crippen LogP contribution in [-0.2, 0) is 19.1 Å². The average molecular weight is 371 g/mol. The van der Waals surface area contributed by atoms with Gasteiger partial charge in [-0.05, 0) is 33.6 Å². The monoisotopic (exact) mass is 370 g/mol. The normalized spacial score (nSPS) is 11.3. The fourth-order valence-corrected chi connectivity index (χ4v) is 3.02. The third-order valence-corrected chi connectivity index (χ3v) is 4.38. The van der Waals surface area contributed by atoms with E-state index < -0.39 is 0 Å². The van der Waals surface area contributed by atoms with Crippen LogP contribution in [0.4, 0.5) is 0 Å². The molecular weight excluding hydrogens is 328 g/mol. The van der Waals surface area contributed by atoms with E-state index in [9.17, 15) is 9.59 Å². The van der Waals surface area contributed by atoms with Crippen LogP contribution in [0, 0.1) is 0 Å². The predicted octanol–water partition coefficient (Wildman–Crippen LogP) is 6.35. The Kier molecular flexibility index (Phi) is 16.7. The Morgan fingerprint density at radius 3 is 1.46 bits per heavy atom. The van der Waals surface area contributed by atoms with E-state index >= 15 is 0 Å². The molecule has 0 aromatic carbocycles. The van der Waals surface area contributed by atoms with Gasteiger partial charge in [-0.1, -0.05) is 77.0 Å². The van der Waals surface area contributed by atoms with Crippen LogP contribution in [0.15, 0.2) is 0 Å². The van der Waals surface area contributed by atoms with Gasteiger partial charge >= 0.3 is 5.97 Å². The quantitative estimate of drug-likeness (QED) is 0.160. The molecule has 0 spiro atoms. The van der Waals surface area contributed by atoms with Gasteiger partial charge in [0.25, 0.3) is 6.47 Å². The second-order valence-electron chi connectivity index (χ2n) is 8.25. The second kappa shape index (κ2) is 17.4. The molecule has 0 saturated carbocycles. The lowest BCUT2D eigenvalue weighted by atomic mass is 10.0. The molecule has 0 aliphatic heterocycles. The van der Waals surface area contributed by atoms with Gasteiger partial charge in [-0.15, -0.1) is 0 Å². The van der Waals surface area contributed by atoms with E-state index in [-0.39, 0.29) is 11.6 Å². The highest BCUT2D eigenvalue weighted by atomic mass is 16.6. The van der Waals surface area contributed by atoms with E-state index in [0.29, 0.717) is 19.5 Å². The molecule has 4 nitrogen and oxygen atoms in total. The Labute approximate surface area is 161 Å². The van der Waals surface area contributed by atoms with Crippen LogP contribution in [-0.4, -0.2) is 24.6 Å². The van der Waals surface area contributed by atoms with Crippen LogP contribution in [0.2, 0.25) is 0 Å². The Bertz CT molecular complexity index is 334. The Morgan fingerprint density at radius 2 is 1.08 bits per heavy atom. The Balaban J connectivity index is 3.13. The van der Waals surface area contributed by atoms with Gasteiger partial charge in [0.15, 0.2) is 0 Å². The van der Waals surface area contributed by atoms with E-state index in [0.717, 1.165) is 19.3 Å². The van der Waals surface area contributed by atoms with Crippen molar-refractivity contribution in [3.8, 4) is 0 Å². The van der Waals surface area contributed by atoms with E-state index in [2.05, 4.69) is 4.74 Å². The van der Waals surface area contributed by atoms with E-state index in [1.807, 2.05) is 20.8 Å². The molecule has 4 heteroatoms. The van der Waals surface area contributed by atoms with Crippen molar-refractivity contribution in [3.63, 3.8) is 0 Å². The van der Waals surface area contributed by atoms with Gasteiger partial charge in [0.2, 0.25) is 0 Å². The van der Waals surface area contributed by atoms with Gasteiger partial charge < -0.3 is 9.47 Å². The van der Waals surface area contributed by atoms with Crippen LogP contribution in [0.5, 0.6) is 0 Å². The van der Waals surface area contributed by atoms with Gasteiger partial charge in [0, 0.05) is 6.42 Å². The number of carbonyl (C=O) groups excluding carboxylic acids is 2. The molecule has 0 amide bonds. The van der Waals surface area contributed by atoms with Crippen LogP contribution >= 0.6 is 0 Å². The van der Waals surface area contributed by atoms with E-state index in [1.54, 1.807) is 0 Å². The lowest BCUT2D eigenvalue weighted by Crippen LogP contribution is -2.23. The molecular formula is C22H42O4. The summed E-state index contributed by atoms with van der Waals surface area (Å²) in [5.74, 6) is -0.0632. The molecule has 0 saturated heterocycles. The number of hydrogen-bond acceptors (Lipinski definition) is 4.